The number of rotatable bonds is 14. The van der Waals surface area contributed by atoms with Gasteiger partial charge in [0.15, 0.2) is 5.96 Å². The highest BCUT2D eigenvalue weighted by Crippen LogP contribution is 2.15. The second-order valence-corrected chi connectivity index (χ2v) is 8.44. The summed E-state index contributed by atoms with van der Waals surface area (Å²) in [5.41, 5.74) is 1.12. The number of aliphatic imine (C=N–C) groups is 1. The number of nitrogens with zero attached hydrogens (tertiary/aromatic N) is 3. The summed E-state index contributed by atoms with van der Waals surface area (Å²) >= 11 is 1.79. The Kier molecular flexibility index (Phi) is 15.3. The van der Waals surface area contributed by atoms with Crippen molar-refractivity contribution in [2.45, 2.75) is 33.2 Å². The quantitative estimate of drug-likeness (QED) is 0.204. The largest absolute Gasteiger partial charge is 0.492 e. The molecule has 0 saturated carbocycles. The number of guanidine groups is 1. The van der Waals surface area contributed by atoms with Gasteiger partial charge in [0.05, 0.1) is 18.2 Å². The van der Waals surface area contributed by atoms with Crippen molar-refractivity contribution in [3.05, 3.63) is 45.9 Å². The van der Waals surface area contributed by atoms with Gasteiger partial charge in [-0.25, -0.2) is 9.98 Å². The zero-order chi connectivity index (χ0) is 22.3. The average Bonchev–Trinajstić information content (AvgIpc) is 3.24. The van der Waals surface area contributed by atoms with Crippen LogP contribution in [-0.4, -0.2) is 69.4 Å². The SMILES string of the molecule is CCNC(=NCc1cccc(OCCN(C)CCOC)c1)NCCc1ncc(CC)s1.I. The first-order valence-electron chi connectivity index (χ1n) is 11.0. The molecular formula is C23H38IN5O2S. The van der Waals surface area contributed by atoms with E-state index >= 15 is 0 Å². The number of benzene rings is 1. The van der Waals surface area contributed by atoms with Gasteiger partial charge in [0.25, 0.3) is 0 Å². The van der Waals surface area contributed by atoms with E-state index in [1.807, 2.05) is 18.3 Å². The number of aromatic nitrogens is 1. The van der Waals surface area contributed by atoms with Crippen molar-refractivity contribution in [3.8, 4) is 5.75 Å². The van der Waals surface area contributed by atoms with Gasteiger partial charge in [-0.3, -0.25) is 0 Å². The number of halogens is 1. The number of likely N-dealkylation sites (N-methyl/N-ethyl adjacent to an activating group) is 1. The lowest BCUT2D eigenvalue weighted by molar-refractivity contribution is 0.150. The van der Waals surface area contributed by atoms with Crippen LogP contribution in [0.5, 0.6) is 5.75 Å². The maximum Gasteiger partial charge on any atom is 0.191 e. The lowest BCUT2D eigenvalue weighted by Gasteiger charge is -2.16. The summed E-state index contributed by atoms with van der Waals surface area (Å²) in [7, 11) is 3.79. The first-order valence-corrected chi connectivity index (χ1v) is 11.8. The molecule has 0 fully saturated rings. The minimum Gasteiger partial charge on any atom is -0.492 e. The summed E-state index contributed by atoms with van der Waals surface area (Å²) in [4.78, 5) is 12.7. The summed E-state index contributed by atoms with van der Waals surface area (Å²) in [5, 5.41) is 7.88. The monoisotopic (exact) mass is 575 g/mol. The summed E-state index contributed by atoms with van der Waals surface area (Å²) in [6.45, 7) is 9.60. The molecule has 0 saturated heterocycles. The molecule has 9 heteroatoms. The molecule has 2 aromatic rings. The zero-order valence-electron chi connectivity index (χ0n) is 19.7. The van der Waals surface area contributed by atoms with Gasteiger partial charge in [0.2, 0.25) is 0 Å². The van der Waals surface area contributed by atoms with E-state index < -0.39 is 0 Å². The van der Waals surface area contributed by atoms with E-state index in [4.69, 9.17) is 14.5 Å². The number of aryl methyl sites for hydroxylation is 1. The van der Waals surface area contributed by atoms with E-state index in [-0.39, 0.29) is 24.0 Å². The average molecular weight is 576 g/mol. The predicted molar refractivity (Wildman–Crippen MR) is 145 cm³/mol. The first-order chi connectivity index (χ1) is 15.1. The summed E-state index contributed by atoms with van der Waals surface area (Å²) in [6.07, 6.45) is 3.92. The summed E-state index contributed by atoms with van der Waals surface area (Å²) < 4.78 is 11.0. The van der Waals surface area contributed by atoms with Gasteiger partial charge < -0.3 is 25.0 Å². The Morgan fingerprint density at radius 1 is 1.19 bits per heavy atom. The number of hydrogen-bond acceptors (Lipinski definition) is 6. The third kappa shape index (κ3) is 11.4. The fourth-order valence-corrected chi connectivity index (χ4v) is 3.70. The number of nitrogens with one attached hydrogen (secondary N) is 2. The second kappa shape index (κ2) is 17.1. The summed E-state index contributed by atoms with van der Waals surface area (Å²) in [6, 6.07) is 8.14. The van der Waals surface area contributed by atoms with E-state index in [1.54, 1.807) is 18.4 Å². The van der Waals surface area contributed by atoms with Crippen LogP contribution in [0.1, 0.15) is 29.3 Å². The maximum absolute atomic E-state index is 5.91. The molecule has 0 bridgehead atoms. The fraction of sp³-hybridized carbons (Fsp3) is 0.565. The lowest BCUT2D eigenvalue weighted by Crippen LogP contribution is -2.38. The third-order valence-corrected chi connectivity index (χ3v) is 5.86. The van der Waals surface area contributed by atoms with Gasteiger partial charge in [-0.05, 0) is 38.1 Å². The molecule has 32 heavy (non-hydrogen) atoms. The van der Waals surface area contributed by atoms with Crippen molar-refractivity contribution in [3.63, 3.8) is 0 Å². The standard InChI is InChI=1S/C23H37N5O2S.HI/c1-5-21-18-26-22(31-21)10-11-25-23(24-6-2)27-17-19-8-7-9-20(16-19)30-15-13-28(3)12-14-29-4;/h7-9,16,18H,5-6,10-15,17H2,1-4H3,(H2,24,25,27);1H. The predicted octanol–water partition coefficient (Wildman–Crippen LogP) is 3.58. The molecule has 1 aromatic heterocycles. The van der Waals surface area contributed by atoms with E-state index in [0.29, 0.717) is 13.2 Å². The zero-order valence-corrected chi connectivity index (χ0v) is 22.9. The Balaban J connectivity index is 0.00000512. The van der Waals surface area contributed by atoms with Gasteiger partial charge in [-0.15, -0.1) is 35.3 Å². The molecule has 1 heterocycles. The molecule has 0 aliphatic heterocycles. The Bertz CT molecular complexity index is 787. The molecule has 0 amide bonds. The third-order valence-electron chi connectivity index (χ3n) is 4.66. The van der Waals surface area contributed by atoms with Gasteiger partial charge in [-0.2, -0.15) is 0 Å². The van der Waals surface area contributed by atoms with E-state index in [0.717, 1.165) is 67.9 Å². The van der Waals surface area contributed by atoms with Crippen LogP contribution in [0.15, 0.2) is 35.5 Å². The Hall–Kier alpha value is -1.43. The van der Waals surface area contributed by atoms with Gasteiger partial charge in [0.1, 0.15) is 12.4 Å². The molecule has 0 aliphatic carbocycles. The highest BCUT2D eigenvalue weighted by molar-refractivity contribution is 14.0. The molecule has 0 aliphatic rings. The van der Waals surface area contributed by atoms with Crippen LogP contribution in [0.25, 0.3) is 0 Å². The van der Waals surface area contributed by atoms with Crippen molar-refractivity contribution in [2.75, 3.05) is 53.6 Å². The van der Waals surface area contributed by atoms with Gasteiger partial charge >= 0.3 is 0 Å². The van der Waals surface area contributed by atoms with Gasteiger partial charge in [-0.1, -0.05) is 19.1 Å². The summed E-state index contributed by atoms with van der Waals surface area (Å²) in [5.74, 6) is 1.70. The molecule has 7 nitrogen and oxygen atoms in total. The van der Waals surface area contributed by atoms with Crippen molar-refractivity contribution < 1.29 is 9.47 Å². The molecule has 0 radical (unpaired) electrons. The van der Waals surface area contributed by atoms with Crippen LogP contribution < -0.4 is 15.4 Å². The van der Waals surface area contributed by atoms with Crippen LogP contribution >= 0.6 is 35.3 Å². The smallest absolute Gasteiger partial charge is 0.191 e. The molecule has 0 unspecified atom stereocenters. The van der Waals surface area contributed by atoms with Crippen LogP contribution in [0.2, 0.25) is 0 Å². The Labute approximate surface area is 214 Å². The lowest BCUT2D eigenvalue weighted by atomic mass is 10.2. The van der Waals surface area contributed by atoms with E-state index in [1.165, 1.54) is 4.88 Å². The number of thiazole rings is 1. The van der Waals surface area contributed by atoms with Crippen molar-refractivity contribution >= 4 is 41.3 Å². The Morgan fingerprint density at radius 3 is 2.72 bits per heavy atom. The van der Waals surface area contributed by atoms with Crippen molar-refractivity contribution in [1.82, 2.24) is 20.5 Å². The highest BCUT2D eigenvalue weighted by atomic mass is 127. The minimum absolute atomic E-state index is 0. The number of hydrogen-bond donors (Lipinski definition) is 2. The number of methoxy groups -OCH3 is 1. The molecule has 2 rings (SSSR count). The molecular weight excluding hydrogens is 537 g/mol. The van der Waals surface area contributed by atoms with Crippen LogP contribution in [0.4, 0.5) is 0 Å². The van der Waals surface area contributed by atoms with Crippen molar-refractivity contribution in [2.24, 2.45) is 4.99 Å². The maximum atomic E-state index is 5.91. The van der Waals surface area contributed by atoms with Crippen LogP contribution in [-0.2, 0) is 24.1 Å². The van der Waals surface area contributed by atoms with Crippen molar-refractivity contribution in [1.29, 1.82) is 0 Å². The second-order valence-electron chi connectivity index (χ2n) is 7.24. The van der Waals surface area contributed by atoms with Crippen LogP contribution in [0, 0.1) is 0 Å². The minimum atomic E-state index is 0. The first kappa shape index (κ1) is 28.6. The molecule has 2 N–H and O–H groups in total. The fourth-order valence-electron chi connectivity index (χ4n) is 2.84. The Morgan fingerprint density at radius 2 is 2.00 bits per heavy atom. The topological polar surface area (TPSA) is 71.0 Å². The van der Waals surface area contributed by atoms with Crippen LogP contribution in [0.3, 0.4) is 0 Å². The molecule has 0 spiro atoms. The highest BCUT2D eigenvalue weighted by Gasteiger charge is 2.03. The molecule has 0 atom stereocenters. The molecule has 180 valence electrons. The van der Waals surface area contributed by atoms with E-state index in [2.05, 4.69) is 53.5 Å². The number of ether oxygens (including phenoxy) is 2. The van der Waals surface area contributed by atoms with E-state index in [9.17, 15) is 0 Å². The van der Waals surface area contributed by atoms with Gasteiger partial charge in [0, 0.05) is 50.8 Å². The normalized spacial score (nSPS) is 11.3. The molecule has 1 aromatic carbocycles.